The van der Waals surface area contributed by atoms with Crippen molar-refractivity contribution in [1.82, 2.24) is 0 Å². The van der Waals surface area contributed by atoms with E-state index in [-0.39, 0.29) is 11.3 Å². The standard InChI is InChI=1S/C12H7F3O3/c13-12(14,15)8-3-1-2-7(6-8)9-4-5-10(18-9)11(16)17/h1-6H,(H,16,17)/p-1. The highest BCUT2D eigenvalue weighted by Crippen LogP contribution is 2.32. The highest BCUT2D eigenvalue weighted by Gasteiger charge is 2.30. The monoisotopic (exact) mass is 255 g/mol. The fourth-order valence-corrected chi connectivity index (χ4v) is 1.45. The number of carbonyl (C=O) groups excluding carboxylic acids is 1. The maximum atomic E-state index is 12.5. The Bertz CT molecular complexity index is 584. The van der Waals surface area contributed by atoms with Crippen molar-refractivity contribution in [2.75, 3.05) is 0 Å². The van der Waals surface area contributed by atoms with Gasteiger partial charge in [0.25, 0.3) is 0 Å². The molecule has 0 spiro atoms. The predicted octanol–water partition coefficient (Wildman–Crippen LogP) is 2.33. The number of furan rings is 1. The summed E-state index contributed by atoms with van der Waals surface area (Å²) in [6, 6.07) is 6.84. The van der Waals surface area contributed by atoms with Crippen molar-refractivity contribution in [3.8, 4) is 11.3 Å². The molecule has 0 aliphatic rings. The second-order valence-electron chi connectivity index (χ2n) is 3.53. The van der Waals surface area contributed by atoms with Crippen LogP contribution >= 0.6 is 0 Å². The molecule has 0 N–H and O–H groups in total. The Hall–Kier alpha value is -2.24. The Morgan fingerprint density at radius 2 is 1.89 bits per heavy atom. The zero-order valence-corrected chi connectivity index (χ0v) is 8.82. The number of aromatic carboxylic acids is 1. The smallest absolute Gasteiger partial charge is 0.416 e. The number of benzene rings is 1. The second kappa shape index (κ2) is 4.21. The number of carboxylic acid groups (broad SMARTS) is 1. The first-order valence-corrected chi connectivity index (χ1v) is 4.87. The summed E-state index contributed by atoms with van der Waals surface area (Å²) in [5.74, 6) is -1.91. The molecule has 1 heterocycles. The summed E-state index contributed by atoms with van der Waals surface area (Å²) in [6.45, 7) is 0. The molecule has 0 fully saturated rings. The highest BCUT2D eigenvalue weighted by molar-refractivity contribution is 5.83. The van der Waals surface area contributed by atoms with Crippen LogP contribution in [0.1, 0.15) is 16.1 Å². The van der Waals surface area contributed by atoms with E-state index in [0.29, 0.717) is 0 Å². The first-order valence-electron chi connectivity index (χ1n) is 4.87. The number of hydrogen-bond acceptors (Lipinski definition) is 3. The van der Waals surface area contributed by atoms with E-state index in [1.807, 2.05) is 0 Å². The zero-order chi connectivity index (χ0) is 13.3. The van der Waals surface area contributed by atoms with Gasteiger partial charge in [0, 0.05) is 5.56 Å². The Kier molecular flexibility index (Phi) is 2.86. The summed E-state index contributed by atoms with van der Waals surface area (Å²) in [4.78, 5) is 10.5. The Morgan fingerprint density at radius 1 is 1.17 bits per heavy atom. The first-order chi connectivity index (χ1) is 8.38. The molecule has 2 rings (SSSR count). The topological polar surface area (TPSA) is 53.3 Å². The van der Waals surface area contributed by atoms with Crippen molar-refractivity contribution in [2.45, 2.75) is 6.18 Å². The number of alkyl halides is 3. The van der Waals surface area contributed by atoms with Gasteiger partial charge in [-0.05, 0) is 24.3 Å². The van der Waals surface area contributed by atoms with E-state index in [9.17, 15) is 23.1 Å². The van der Waals surface area contributed by atoms with Crippen LogP contribution in [-0.2, 0) is 6.18 Å². The van der Waals surface area contributed by atoms with Gasteiger partial charge < -0.3 is 14.3 Å². The first kappa shape index (κ1) is 12.2. The number of rotatable bonds is 2. The van der Waals surface area contributed by atoms with Gasteiger partial charge in [-0.1, -0.05) is 12.1 Å². The average Bonchev–Trinajstić information content (AvgIpc) is 2.77. The molecule has 2 aromatic rings. The SMILES string of the molecule is O=C([O-])c1ccc(-c2cccc(C(F)(F)F)c2)o1. The van der Waals surface area contributed by atoms with Crippen LogP contribution in [0.4, 0.5) is 13.2 Å². The molecule has 0 unspecified atom stereocenters. The van der Waals surface area contributed by atoms with Gasteiger partial charge in [-0.25, -0.2) is 0 Å². The zero-order valence-electron chi connectivity index (χ0n) is 8.82. The van der Waals surface area contributed by atoms with Crippen molar-refractivity contribution in [1.29, 1.82) is 0 Å². The van der Waals surface area contributed by atoms with E-state index in [4.69, 9.17) is 4.42 Å². The Labute approximate surface area is 99.5 Å². The molecular formula is C12H6F3O3-. The minimum absolute atomic E-state index is 0.0419. The third-order valence-electron chi connectivity index (χ3n) is 2.28. The van der Waals surface area contributed by atoms with Gasteiger partial charge in [-0.2, -0.15) is 13.2 Å². The van der Waals surface area contributed by atoms with Crippen molar-refractivity contribution in [3.05, 3.63) is 47.7 Å². The largest absolute Gasteiger partial charge is 0.542 e. The lowest BCUT2D eigenvalue weighted by Gasteiger charge is -2.07. The molecular weight excluding hydrogens is 249 g/mol. The van der Waals surface area contributed by atoms with Crippen LogP contribution in [0.5, 0.6) is 0 Å². The van der Waals surface area contributed by atoms with Crippen molar-refractivity contribution < 1.29 is 27.5 Å². The van der Waals surface area contributed by atoms with Gasteiger partial charge in [0.15, 0.2) is 0 Å². The molecule has 0 aliphatic heterocycles. The van der Waals surface area contributed by atoms with Crippen LogP contribution in [0.25, 0.3) is 11.3 Å². The Balaban J connectivity index is 2.41. The molecule has 0 saturated carbocycles. The van der Waals surface area contributed by atoms with Gasteiger partial charge in [-0.15, -0.1) is 0 Å². The summed E-state index contributed by atoms with van der Waals surface area (Å²) in [5, 5.41) is 10.5. The van der Waals surface area contributed by atoms with Crippen LogP contribution in [0.2, 0.25) is 0 Å². The highest BCUT2D eigenvalue weighted by atomic mass is 19.4. The van der Waals surface area contributed by atoms with Crippen LogP contribution in [0, 0.1) is 0 Å². The molecule has 94 valence electrons. The molecule has 0 saturated heterocycles. The number of halogens is 3. The lowest BCUT2D eigenvalue weighted by Crippen LogP contribution is -2.21. The summed E-state index contributed by atoms with van der Waals surface area (Å²) in [6.07, 6.45) is -4.46. The summed E-state index contributed by atoms with van der Waals surface area (Å²) in [5.41, 5.74) is -0.677. The quantitative estimate of drug-likeness (QED) is 0.827. The molecule has 1 aromatic carbocycles. The summed E-state index contributed by atoms with van der Waals surface area (Å²) >= 11 is 0. The third-order valence-corrected chi connectivity index (χ3v) is 2.28. The summed E-state index contributed by atoms with van der Waals surface area (Å²) in [7, 11) is 0. The maximum absolute atomic E-state index is 12.5. The molecule has 6 heteroatoms. The van der Waals surface area contributed by atoms with Crippen LogP contribution in [-0.4, -0.2) is 5.97 Å². The van der Waals surface area contributed by atoms with E-state index in [2.05, 4.69) is 0 Å². The van der Waals surface area contributed by atoms with Gasteiger partial charge in [-0.3, -0.25) is 0 Å². The van der Waals surface area contributed by atoms with E-state index >= 15 is 0 Å². The lowest BCUT2D eigenvalue weighted by atomic mass is 10.1. The van der Waals surface area contributed by atoms with E-state index in [1.165, 1.54) is 18.2 Å². The van der Waals surface area contributed by atoms with E-state index in [1.54, 1.807) is 0 Å². The van der Waals surface area contributed by atoms with E-state index < -0.39 is 23.5 Å². The number of hydrogen-bond donors (Lipinski definition) is 0. The van der Waals surface area contributed by atoms with Gasteiger partial charge in [0.2, 0.25) is 0 Å². The van der Waals surface area contributed by atoms with Gasteiger partial charge >= 0.3 is 6.18 Å². The molecule has 18 heavy (non-hydrogen) atoms. The normalized spacial score (nSPS) is 11.5. The van der Waals surface area contributed by atoms with Crippen molar-refractivity contribution >= 4 is 5.97 Å². The summed E-state index contributed by atoms with van der Waals surface area (Å²) < 4.78 is 42.3. The van der Waals surface area contributed by atoms with Crippen LogP contribution < -0.4 is 5.11 Å². The minimum atomic E-state index is -4.46. The number of carbonyl (C=O) groups is 1. The van der Waals surface area contributed by atoms with Crippen molar-refractivity contribution in [3.63, 3.8) is 0 Å². The second-order valence-corrected chi connectivity index (χ2v) is 3.53. The van der Waals surface area contributed by atoms with Gasteiger partial charge in [0.05, 0.1) is 5.56 Å². The van der Waals surface area contributed by atoms with Crippen LogP contribution in [0.15, 0.2) is 40.8 Å². The average molecular weight is 255 g/mol. The molecule has 1 aromatic heterocycles. The number of carboxylic acids is 1. The molecule has 0 amide bonds. The Morgan fingerprint density at radius 3 is 2.44 bits per heavy atom. The molecule has 3 nitrogen and oxygen atoms in total. The fourth-order valence-electron chi connectivity index (χ4n) is 1.45. The molecule has 0 atom stereocenters. The van der Waals surface area contributed by atoms with Crippen molar-refractivity contribution in [2.24, 2.45) is 0 Å². The van der Waals surface area contributed by atoms with E-state index in [0.717, 1.165) is 18.2 Å². The fraction of sp³-hybridized carbons (Fsp3) is 0.0833. The molecule has 0 radical (unpaired) electrons. The minimum Gasteiger partial charge on any atom is -0.542 e. The van der Waals surface area contributed by atoms with Gasteiger partial charge in [0.1, 0.15) is 17.5 Å². The third kappa shape index (κ3) is 2.37. The predicted molar refractivity (Wildman–Crippen MR) is 53.5 cm³/mol. The molecule has 0 aliphatic carbocycles. The maximum Gasteiger partial charge on any atom is 0.416 e. The van der Waals surface area contributed by atoms with Crippen LogP contribution in [0.3, 0.4) is 0 Å². The lowest BCUT2D eigenvalue weighted by molar-refractivity contribution is -0.257. The molecule has 0 bridgehead atoms.